The van der Waals surface area contributed by atoms with Crippen LogP contribution in [0, 0.1) is 13.8 Å². The van der Waals surface area contributed by atoms with E-state index >= 15 is 0 Å². The third-order valence-corrected chi connectivity index (χ3v) is 5.54. The third-order valence-electron chi connectivity index (χ3n) is 4.28. The van der Waals surface area contributed by atoms with E-state index in [1.54, 1.807) is 38.6 Å². The Morgan fingerprint density at radius 2 is 2.00 bits per heavy atom. The smallest absolute Gasteiger partial charge is 0.202 e. The van der Waals surface area contributed by atoms with Gasteiger partial charge in [-0.3, -0.25) is 13.8 Å². The number of aliphatic hydroxyl groups is 1. The summed E-state index contributed by atoms with van der Waals surface area (Å²) < 4.78 is 25.1. The number of imidazole rings is 1. The summed E-state index contributed by atoms with van der Waals surface area (Å²) in [6, 6.07) is 5.32. The highest BCUT2D eigenvalue weighted by molar-refractivity contribution is 7.84. The third kappa shape index (κ3) is 3.17. The molecule has 1 aromatic carbocycles. The fraction of sp³-hybridized carbons (Fsp3) is 0.333. The first-order valence-corrected chi connectivity index (χ1v) is 9.34. The van der Waals surface area contributed by atoms with E-state index in [9.17, 15) is 9.32 Å². The number of aromatic nitrogens is 3. The van der Waals surface area contributed by atoms with Gasteiger partial charge in [-0.15, -0.1) is 0 Å². The van der Waals surface area contributed by atoms with Crippen molar-refractivity contribution in [2.45, 2.75) is 31.5 Å². The van der Waals surface area contributed by atoms with Crippen LogP contribution in [-0.2, 0) is 23.3 Å². The van der Waals surface area contributed by atoms with Crippen LogP contribution < -0.4 is 9.47 Å². The van der Waals surface area contributed by atoms with Gasteiger partial charge < -0.3 is 14.6 Å². The lowest BCUT2D eigenvalue weighted by molar-refractivity contribution is 0.204. The van der Waals surface area contributed by atoms with Gasteiger partial charge in [0.15, 0.2) is 0 Å². The van der Waals surface area contributed by atoms with E-state index in [1.165, 1.54) is 4.57 Å². The highest BCUT2D eigenvalue weighted by Crippen LogP contribution is 2.27. The van der Waals surface area contributed by atoms with E-state index in [0.717, 1.165) is 16.9 Å². The summed E-state index contributed by atoms with van der Waals surface area (Å²) in [6.07, 6.45) is 1.71. The van der Waals surface area contributed by atoms with Gasteiger partial charge in [-0.05, 0) is 26.0 Å². The molecule has 3 aromatic rings. The van der Waals surface area contributed by atoms with E-state index in [1.807, 2.05) is 13.8 Å². The Morgan fingerprint density at radius 1 is 1.23 bits per heavy atom. The van der Waals surface area contributed by atoms with Crippen LogP contribution in [0.3, 0.4) is 0 Å². The standard InChI is InChI=1S/C18H21N3O4S/c1-11-8-19-15(12(2)17(11)25-4)9-26(23)18-20-14-7-13(24-3)5-6-16(14)21(18)10-22/h5-8,22H,9-10H2,1-4H3. The van der Waals surface area contributed by atoms with Crippen molar-refractivity contribution in [1.82, 2.24) is 14.5 Å². The van der Waals surface area contributed by atoms with E-state index in [2.05, 4.69) is 9.97 Å². The van der Waals surface area contributed by atoms with Gasteiger partial charge >= 0.3 is 0 Å². The molecule has 0 spiro atoms. The van der Waals surface area contributed by atoms with Gasteiger partial charge in [-0.1, -0.05) is 0 Å². The van der Waals surface area contributed by atoms with Crippen molar-refractivity contribution in [3.63, 3.8) is 0 Å². The Kier molecular flexibility index (Phi) is 5.24. The molecule has 26 heavy (non-hydrogen) atoms. The number of methoxy groups -OCH3 is 2. The minimum absolute atomic E-state index is 0.183. The van der Waals surface area contributed by atoms with Crippen molar-refractivity contribution in [3.05, 3.63) is 41.2 Å². The summed E-state index contributed by atoms with van der Waals surface area (Å²) in [5.41, 5.74) is 3.78. The summed E-state index contributed by atoms with van der Waals surface area (Å²) >= 11 is 0. The number of pyridine rings is 1. The molecule has 0 saturated heterocycles. The molecule has 0 aliphatic rings. The van der Waals surface area contributed by atoms with Crippen LogP contribution in [0.2, 0.25) is 0 Å². The minimum Gasteiger partial charge on any atom is -0.497 e. The van der Waals surface area contributed by atoms with E-state index in [4.69, 9.17) is 9.47 Å². The van der Waals surface area contributed by atoms with Gasteiger partial charge in [0.05, 0.1) is 47.5 Å². The topological polar surface area (TPSA) is 86.5 Å². The number of rotatable bonds is 6. The SMILES string of the molecule is COc1ccc2c(c1)nc(S(=O)Cc1ncc(C)c(OC)c1C)n2CO. The zero-order valence-electron chi connectivity index (χ0n) is 15.1. The normalized spacial score (nSPS) is 12.3. The number of aliphatic hydroxyl groups excluding tert-OH is 1. The molecular formula is C18H21N3O4S. The number of fused-ring (bicyclic) bond motifs is 1. The van der Waals surface area contributed by atoms with Crippen molar-refractivity contribution >= 4 is 21.8 Å². The van der Waals surface area contributed by atoms with Gasteiger partial charge in [0.2, 0.25) is 5.16 Å². The van der Waals surface area contributed by atoms with Crippen molar-refractivity contribution in [3.8, 4) is 11.5 Å². The molecule has 1 atom stereocenters. The maximum Gasteiger partial charge on any atom is 0.202 e. The molecule has 0 aliphatic heterocycles. The molecule has 1 N–H and O–H groups in total. The predicted molar refractivity (Wildman–Crippen MR) is 98.9 cm³/mol. The fourth-order valence-electron chi connectivity index (χ4n) is 2.93. The fourth-order valence-corrected chi connectivity index (χ4v) is 4.20. The lowest BCUT2D eigenvalue weighted by Gasteiger charge is -2.12. The van der Waals surface area contributed by atoms with Crippen LogP contribution in [-0.4, -0.2) is 38.1 Å². The van der Waals surface area contributed by atoms with Crippen LogP contribution in [0.15, 0.2) is 29.6 Å². The summed E-state index contributed by atoms with van der Waals surface area (Å²) in [4.78, 5) is 8.84. The van der Waals surface area contributed by atoms with E-state index in [0.29, 0.717) is 27.6 Å². The Hall–Kier alpha value is -2.45. The highest BCUT2D eigenvalue weighted by atomic mass is 32.2. The summed E-state index contributed by atoms with van der Waals surface area (Å²) in [6.45, 7) is 3.50. The second-order valence-corrected chi connectivity index (χ2v) is 7.20. The lowest BCUT2D eigenvalue weighted by atomic mass is 10.1. The average Bonchev–Trinajstić information content (AvgIpc) is 3.02. The molecule has 3 rings (SSSR count). The van der Waals surface area contributed by atoms with Gasteiger partial charge in [-0.25, -0.2) is 4.98 Å². The first-order valence-electron chi connectivity index (χ1n) is 8.02. The van der Waals surface area contributed by atoms with Gasteiger partial charge in [0.1, 0.15) is 18.2 Å². The summed E-state index contributed by atoms with van der Waals surface area (Å²) in [5.74, 6) is 1.58. The quantitative estimate of drug-likeness (QED) is 0.712. The van der Waals surface area contributed by atoms with Crippen molar-refractivity contribution in [2.75, 3.05) is 14.2 Å². The molecule has 2 heterocycles. The molecule has 0 aliphatic carbocycles. The zero-order valence-corrected chi connectivity index (χ0v) is 16.0. The molecule has 0 fully saturated rings. The van der Waals surface area contributed by atoms with Crippen molar-refractivity contribution < 1.29 is 18.8 Å². The summed E-state index contributed by atoms with van der Waals surface area (Å²) in [7, 11) is 1.70. The van der Waals surface area contributed by atoms with Crippen LogP contribution >= 0.6 is 0 Å². The van der Waals surface area contributed by atoms with Crippen LogP contribution in [0.5, 0.6) is 11.5 Å². The first kappa shape index (κ1) is 18.3. The Bertz CT molecular complexity index is 984. The number of ether oxygens (including phenoxy) is 2. The molecule has 0 bridgehead atoms. The van der Waals surface area contributed by atoms with Crippen LogP contribution in [0.1, 0.15) is 16.8 Å². The molecule has 2 aromatic heterocycles. The number of hydrogen-bond acceptors (Lipinski definition) is 6. The molecule has 0 amide bonds. The molecule has 0 saturated carbocycles. The predicted octanol–water partition coefficient (Wildman–Crippen LogP) is 2.32. The van der Waals surface area contributed by atoms with E-state index < -0.39 is 10.8 Å². The van der Waals surface area contributed by atoms with Gasteiger partial charge in [0, 0.05) is 23.4 Å². The maximum absolute atomic E-state index is 13.0. The molecule has 8 heteroatoms. The first-order chi connectivity index (χ1) is 12.5. The average molecular weight is 375 g/mol. The molecule has 1 unspecified atom stereocenters. The molecule has 7 nitrogen and oxygen atoms in total. The van der Waals surface area contributed by atoms with Gasteiger partial charge in [-0.2, -0.15) is 0 Å². The number of aryl methyl sites for hydroxylation is 1. The minimum atomic E-state index is -1.48. The number of hydrogen-bond donors (Lipinski definition) is 1. The van der Waals surface area contributed by atoms with Crippen LogP contribution in [0.4, 0.5) is 0 Å². The Labute approximate surface area is 154 Å². The zero-order chi connectivity index (χ0) is 18.8. The van der Waals surface area contributed by atoms with Gasteiger partial charge in [0.25, 0.3) is 0 Å². The molecule has 138 valence electrons. The van der Waals surface area contributed by atoms with E-state index in [-0.39, 0.29) is 12.5 Å². The maximum atomic E-state index is 13.0. The number of benzene rings is 1. The Balaban J connectivity index is 2.00. The second-order valence-electron chi connectivity index (χ2n) is 5.85. The highest BCUT2D eigenvalue weighted by Gasteiger charge is 2.19. The second kappa shape index (κ2) is 7.43. The van der Waals surface area contributed by atoms with Crippen LogP contribution in [0.25, 0.3) is 11.0 Å². The Morgan fingerprint density at radius 3 is 2.65 bits per heavy atom. The van der Waals surface area contributed by atoms with Crippen molar-refractivity contribution in [1.29, 1.82) is 0 Å². The number of nitrogens with zero attached hydrogens (tertiary/aromatic N) is 3. The molecular weight excluding hydrogens is 354 g/mol. The van der Waals surface area contributed by atoms with Crippen molar-refractivity contribution in [2.24, 2.45) is 0 Å². The molecule has 0 radical (unpaired) electrons. The lowest BCUT2D eigenvalue weighted by Crippen LogP contribution is -2.09. The summed E-state index contributed by atoms with van der Waals surface area (Å²) in [5, 5.41) is 10.0. The monoisotopic (exact) mass is 375 g/mol. The largest absolute Gasteiger partial charge is 0.497 e.